The lowest BCUT2D eigenvalue weighted by Gasteiger charge is -2.36. The van der Waals surface area contributed by atoms with Gasteiger partial charge in [0.25, 0.3) is 0 Å². The number of rotatable bonds is 6. The van der Waals surface area contributed by atoms with Gasteiger partial charge in [0.1, 0.15) is 34.8 Å². The molecule has 5 rings (SSSR count). The molecule has 1 saturated heterocycles. The zero-order valence-corrected chi connectivity index (χ0v) is 26.0. The Hall–Kier alpha value is -4.05. The molecule has 3 aromatic rings. The second-order valence-corrected chi connectivity index (χ2v) is 11.5. The van der Waals surface area contributed by atoms with Crippen LogP contribution in [0.15, 0.2) is 6.07 Å². The number of halogens is 5. The van der Waals surface area contributed by atoms with Gasteiger partial charge in [-0.25, -0.2) is 13.8 Å². The third-order valence-electron chi connectivity index (χ3n) is 8.31. The molecule has 1 fully saturated rings. The van der Waals surface area contributed by atoms with E-state index in [-0.39, 0.29) is 48.2 Å². The number of nitrogens with two attached hydrogens (primary N) is 1. The first-order valence-corrected chi connectivity index (χ1v) is 15.1. The molecule has 4 heterocycles. The summed E-state index contributed by atoms with van der Waals surface area (Å²) in [5, 5.41) is 6.37. The lowest BCUT2D eigenvalue weighted by atomic mass is 9.96. The van der Waals surface area contributed by atoms with Gasteiger partial charge in [0, 0.05) is 44.8 Å². The Bertz CT molecular complexity index is 1620. The third kappa shape index (κ3) is 6.72. The molecule has 4 N–H and O–H groups in total. The molecule has 46 heavy (non-hydrogen) atoms. The highest BCUT2D eigenvalue weighted by Crippen LogP contribution is 2.44. The molecule has 2 atom stereocenters. The van der Waals surface area contributed by atoms with E-state index in [2.05, 4.69) is 25.6 Å². The first-order chi connectivity index (χ1) is 21.8. The minimum atomic E-state index is -5.07. The zero-order valence-electron chi connectivity index (χ0n) is 26.0. The van der Waals surface area contributed by atoms with Gasteiger partial charge in [-0.3, -0.25) is 9.69 Å². The maximum atomic E-state index is 16.6. The number of piperazine rings is 1. The third-order valence-corrected chi connectivity index (χ3v) is 8.31. The van der Waals surface area contributed by atoms with Gasteiger partial charge in [-0.2, -0.15) is 23.1 Å². The molecule has 250 valence electrons. The summed E-state index contributed by atoms with van der Waals surface area (Å²) in [6.45, 7) is 7.51. The standard InChI is InChI=1S/C30H37F5N8O3/c1-5-17(43-11-10-42(4)20(44)13-43)14-45-29-40-26-21-27(41-29)38-9-8-37-7-6-15(2)46-28(21)39-25(24(26)32)18-12-19(36)23(31)16(3)22(18)30(33,34)35/h12,15,17,37H,5-11,13-14,36H2,1-4H3,(H,38,40,41). The Morgan fingerprint density at radius 2 is 1.91 bits per heavy atom. The minimum absolute atomic E-state index is 0.0134. The first kappa shape index (κ1) is 33.3. The number of alkyl halides is 3. The van der Waals surface area contributed by atoms with Gasteiger partial charge in [0.15, 0.2) is 5.82 Å². The maximum Gasteiger partial charge on any atom is 0.417 e. The maximum absolute atomic E-state index is 16.6. The summed E-state index contributed by atoms with van der Waals surface area (Å²) in [6.07, 6.45) is -4.41. The van der Waals surface area contributed by atoms with Crippen LogP contribution in [0.2, 0.25) is 0 Å². The lowest BCUT2D eigenvalue weighted by Crippen LogP contribution is -2.53. The van der Waals surface area contributed by atoms with E-state index in [1.165, 1.54) is 0 Å². The molecule has 2 aliphatic rings. The number of nitrogens with zero attached hydrogens (tertiary/aromatic N) is 5. The fraction of sp³-hybridized carbons (Fsp3) is 0.533. The largest absolute Gasteiger partial charge is 0.474 e. The van der Waals surface area contributed by atoms with Gasteiger partial charge >= 0.3 is 12.2 Å². The molecule has 1 amide bonds. The van der Waals surface area contributed by atoms with E-state index < -0.39 is 57.5 Å². The quantitative estimate of drug-likeness (QED) is 0.266. The van der Waals surface area contributed by atoms with Crippen LogP contribution in [-0.2, 0) is 11.0 Å². The molecule has 0 spiro atoms. The highest BCUT2D eigenvalue weighted by Gasteiger charge is 2.39. The molecule has 2 aromatic heterocycles. The van der Waals surface area contributed by atoms with Gasteiger partial charge in [-0.15, -0.1) is 0 Å². The highest BCUT2D eigenvalue weighted by atomic mass is 19.4. The number of pyridine rings is 1. The van der Waals surface area contributed by atoms with Crippen LogP contribution < -0.4 is 25.8 Å². The number of carbonyl (C=O) groups is 1. The minimum Gasteiger partial charge on any atom is -0.474 e. The van der Waals surface area contributed by atoms with E-state index in [0.29, 0.717) is 51.6 Å². The van der Waals surface area contributed by atoms with Crippen LogP contribution in [0.1, 0.15) is 37.8 Å². The Labute approximate surface area is 262 Å². The highest BCUT2D eigenvalue weighted by molar-refractivity contribution is 5.96. The number of hydrogen-bond donors (Lipinski definition) is 3. The Balaban J connectivity index is 1.67. The topological polar surface area (TPSA) is 131 Å². The predicted molar refractivity (Wildman–Crippen MR) is 162 cm³/mol. The van der Waals surface area contributed by atoms with Gasteiger partial charge in [0.05, 0.1) is 23.9 Å². The molecule has 0 saturated carbocycles. The summed E-state index contributed by atoms with van der Waals surface area (Å²) in [7, 11) is 1.74. The summed E-state index contributed by atoms with van der Waals surface area (Å²) in [5.41, 5.74) is 1.01. The van der Waals surface area contributed by atoms with Crippen molar-refractivity contribution in [1.29, 1.82) is 0 Å². The van der Waals surface area contributed by atoms with E-state index in [1.807, 2.05) is 11.8 Å². The SMILES string of the molecule is CCC(COc1nc2c3c(nc(-c4cc(N)c(F)c(C)c4C(F)(F)F)c(F)c3n1)OC(C)CCNCCN2)N1CCN(C)C(=O)C1. The van der Waals surface area contributed by atoms with Crippen LogP contribution in [-0.4, -0.2) is 95.7 Å². The molecule has 11 nitrogen and oxygen atoms in total. The van der Waals surface area contributed by atoms with Crippen molar-refractivity contribution in [2.75, 3.05) is 64.0 Å². The number of amides is 1. The Morgan fingerprint density at radius 3 is 2.61 bits per heavy atom. The summed E-state index contributed by atoms with van der Waals surface area (Å²) >= 11 is 0. The van der Waals surface area contributed by atoms with Crippen molar-refractivity contribution in [2.24, 2.45) is 0 Å². The average Bonchev–Trinajstić information content (AvgIpc) is 3.03. The fourth-order valence-electron chi connectivity index (χ4n) is 5.64. The molecular formula is C30H37F5N8O3. The summed E-state index contributed by atoms with van der Waals surface area (Å²) in [5.74, 6) is -2.59. The van der Waals surface area contributed by atoms with Crippen LogP contribution >= 0.6 is 0 Å². The number of nitrogens with one attached hydrogen (secondary N) is 2. The number of ether oxygens (including phenoxy) is 2. The first-order valence-electron chi connectivity index (χ1n) is 15.1. The number of benzene rings is 1. The van der Waals surface area contributed by atoms with Crippen LogP contribution in [0.4, 0.5) is 33.5 Å². The van der Waals surface area contributed by atoms with E-state index in [9.17, 15) is 22.4 Å². The van der Waals surface area contributed by atoms with Gasteiger partial charge < -0.3 is 30.7 Å². The van der Waals surface area contributed by atoms with Crippen LogP contribution in [0.25, 0.3) is 22.2 Å². The molecule has 1 aromatic carbocycles. The van der Waals surface area contributed by atoms with Crippen molar-refractivity contribution in [2.45, 2.75) is 51.9 Å². The van der Waals surface area contributed by atoms with Crippen LogP contribution in [0.5, 0.6) is 11.9 Å². The molecule has 2 aliphatic heterocycles. The summed E-state index contributed by atoms with van der Waals surface area (Å²) < 4.78 is 86.2. The molecule has 2 unspecified atom stereocenters. The van der Waals surface area contributed by atoms with E-state index >= 15 is 4.39 Å². The molecule has 0 bridgehead atoms. The number of anilines is 2. The summed E-state index contributed by atoms with van der Waals surface area (Å²) in [4.78, 5) is 29.0. The van der Waals surface area contributed by atoms with E-state index in [0.717, 1.165) is 6.92 Å². The molecule has 0 radical (unpaired) electrons. The van der Waals surface area contributed by atoms with Crippen molar-refractivity contribution in [1.82, 2.24) is 30.1 Å². The zero-order chi connectivity index (χ0) is 33.3. The molecule has 0 aliphatic carbocycles. The monoisotopic (exact) mass is 652 g/mol. The number of hydrogen-bond acceptors (Lipinski definition) is 10. The van der Waals surface area contributed by atoms with Crippen molar-refractivity contribution >= 4 is 28.3 Å². The van der Waals surface area contributed by atoms with E-state index in [1.54, 1.807) is 18.9 Å². The average molecular weight is 653 g/mol. The smallest absolute Gasteiger partial charge is 0.417 e. The lowest BCUT2D eigenvalue weighted by molar-refractivity contribution is -0.138. The normalized spacial score (nSPS) is 18.9. The second-order valence-electron chi connectivity index (χ2n) is 11.5. The number of likely N-dealkylation sites (N-methyl/N-ethyl adjacent to an activating group) is 1. The number of carbonyl (C=O) groups excluding carboxylic acids is 1. The number of aromatic nitrogens is 3. The van der Waals surface area contributed by atoms with Gasteiger partial charge in [-0.05, 0) is 44.9 Å². The molecule has 16 heteroatoms. The Kier molecular flexibility index (Phi) is 9.67. The fourth-order valence-corrected chi connectivity index (χ4v) is 5.64. The Morgan fingerprint density at radius 1 is 1.15 bits per heavy atom. The van der Waals surface area contributed by atoms with Gasteiger partial charge in [0.2, 0.25) is 11.8 Å². The van der Waals surface area contributed by atoms with Gasteiger partial charge in [-0.1, -0.05) is 6.92 Å². The summed E-state index contributed by atoms with van der Waals surface area (Å²) in [6, 6.07) is 0.288. The molecular weight excluding hydrogens is 615 g/mol. The second kappa shape index (κ2) is 13.4. The van der Waals surface area contributed by atoms with Crippen molar-refractivity contribution < 1.29 is 36.2 Å². The van der Waals surface area contributed by atoms with Crippen LogP contribution in [0.3, 0.4) is 0 Å². The van der Waals surface area contributed by atoms with Crippen molar-refractivity contribution in [3.8, 4) is 23.1 Å². The number of nitrogen functional groups attached to an aromatic ring is 1. The van der Waals surface area contributed by atoms with Crippen molar-refractivity contribution in [3.63, 3.8) is 0 Å². The van der Waals surface area contributed by atoms with E-state index in [4.69, 9.17) is 15.2 Å². The van der Waals surface area contributed by atoms with Crippen molar-refractivity contribution in [3.05, 3.63) is 28.8 Å². The van der Waals surface area contributed by atoms with Crippen LogP contribution in [0, 0.1) is 18.6 Å². The predicted octanol–water partition coefficient (Wildman–Crippen LogP) is 3.98.